The van der Waals surface area contributed by atoms with Gasteiger partial charge in [0.15, 0.2) is 0 Å². The molecule has 8 heteroatoms. The van der Waals surface area contributed by atoms with Gasteiger partial charge in [0, 0.05) is 27.4 Å². The van der Waals surface area contributed by atoms with E-state index in [1.54, 1.807) is 22.7 Å². The van der Waals surface area contributed by atoms with Crippen LogP contribution in [-0.4, -0.2) is 32.0 Å². The number of benzene rings is 1. The summed E-state index contributed by atoms with van der Waals surface area (Å²) >= 11 is 4.25. The van der Waals surface area contributed by atoms with Crippen LogP contribution in [-0.2, 0) is 0 Å². The Morgan fingerprint density at radius 2 is 1.14 bits per heavy atom. The van der Waals surface area contributed by atoms with E-state index in [0.717, 1.165) is 51.9 Å². The Morgan fingerprint density at radius 3 is 1.58 bits per heavy atom. The van der Waals surface area contributed by atoms with Gasteiger partial charge in [-0.05, 0) is 29.3 Å². The number of hydrogen-bond donors (Lipinski definition) is 0. The van der Waals surface area contributed by atoms with Crippen molar-refractivity contribution < 1.29 is 9.59 Å². The summed E-state index contributed by atoms with van der Waals surface area (Å²) in [4.78, 5) is 30.9. The number of hydrogen-bond acceptors (Lipinski definition) is 7. The Kier molecular flexibility index (Phi) is 8.24. The molecule has 3 aromatic heterocycles. The molecule has 0 radical (unpaired) electrons. The lowest BCUT2D eigenvalue weighted by Crippen LogP contribution is -2.30. The fraction of sp³-hybridized carbons (Fsp3) is 0.429. The van der Waals surface area contributed by atoms with E-state index in [9.17, 15) is 9.59 Å². The van der Waals surface area contributed by atoms with Gasteiger partial charge in [-0.15, -0.1) is 22.7 Å². The van der Waals surface area contributed by atoms with Crippen LogP contribution in [0.2, 0.25) is 0 Å². The summed E-state index contributed by atoms with van der Waals surface area (Å²) in [6.45, 7) is 2.71. The first kappa shape index (κ1) is 25.2. The summed E-state index contributed by atoms with van der Waals surface area (Å²) < 4.78 is 9.19. The monoisotopic (exact) mass is 537 g/mol. The third-order valence-corrected chi connectivity index (χ3v) is 9.20. The molecule has 0 saturated carbocycles. The first-order valence-electron chi connectivity index (χ1n) is 13.0. The molecule has 5 nitrogen and oxygen atoms in total. The van der Waals surface area contributed by atoms with Crippen LogP contribution in [0.5, 0.6) is 0 Å². The molecule has 36 heavy (non-hydrogen) atoms. The fourth-order valence-electron chi connectivity index (χ4n) is 5.08. The Bertz CT molecular complexity index is 1240. The van der Waals surface area contributed by atoms with Crippen molar-refractivity contribution in [3.8, 4) is 20.9 Å². The zero-order valence-corrected chi connectivity index (χ0v) is 23.1. The number of nitrogens with zero attached hydrogens (tertiary/aromatic N) is 3. The van der Waals surface area contributed by atoms with Gasteiger partial charge in [-0.3, -0.25) is 14.5 Å². The second kappa shape index (κ2) is 11.8. The maximum Gasteiger partial charge on any atom is 0.262 e. The topological polar surface area (TPSA) is 63.2 Å². The van der Waals surface area contributed by atoms with E-state index in [1.807, 2.05) is 35.0 Å². The Labute approximate surface area is 224 Å². The minimum absolute atomic E-state index is 0.193. The van der Waals surface area contributed by atoms with Gasteiger partial charge < -0.3 is 0 Å². The number of imide groups is 1. The van der Waals surface area contributed by atoms with E-state index in [-0.39, 0.29) is 11.8 Å². The highest BCUT2D eigenvalue weighted by Crippen LogP contribution is 2.46. The quantitative estimate of drug-likeness (QED) is 0.126. The van der Waals surface area contributed by atoms with E-state index in [1.165, 1.54) is 49.8 Å². The highest BCUT2D eigenvalue weighted by Gasteiger charge is 2.42. The molecule has 0 N–H and O–H groups in total. The van der Waals surface area contributed by atoms with Gasteiger partial charge in [-0.2, -0.15) is 8.75 Å². The number of thiophene rings is 2. The summed E-state index contributed by atoms with van der Waals surface area (Å²) in [5, 5.41) is 3.98. The van der Waals surface area contributed by atoms with Crippen LogP contribution in [0.15, 0.2) is 35.0 Å². The molecule has 0 bridgehead atoms. The first-order chi connectivity index (χ1) is 17.7. The highest BCUT2D eigenvalue weighted by molar-refractivity contribution is 7.14. The van der Waals surface area contributed by atoms with Gasteiger partial charge in [0.1, 0.15) is 11.0 Å². The van der Waals surface area contributed by atoms with Crippen molar-refractivity contribution in [2.45, 2.75) is 71.1 Å². The SMILES string of the molecule is CCCCCCCCCCCCN1C(=O)c2c(c(-c3cccs3)c3nsnc3c2-c2cccs2)C1=O. The van der Waals surface area contributed by atoms with Crippen LogP contribution in [0, 0.1) is 0 Å². The Balaban J connectivity index is 1.36. The Morgan fingerprint density at radius 1 is 0.667 bits per heavy atom. The average molecular weight is 538 g/mol. The van der Waals surface area contributed by atoms with Crippen molar-refractivity contribution in [1.29, 1.82) is 0 Å². The predicted octanol–water partition coefficient (Wildman–Crippen LogP) is 8.67. The second-order valence-corrected chi connectivity index (χ2v) is 11.8. The molecule has 0 unspecified atom stereocenters. The Hall–Kier alpha value is -2.42. The highest BCUT2D eigenvalue weighted by atomic mass is 32.1. The van der Waals surface area contributed by atoms with E-state index in [0.29, 0.717) is 28.7 Å². The summed E-state index contributed by atoms with van der Waals surface area (Å²) in [5.74, 6) is -0.385. The molecule has 1 aromatic carbocycles. The van der Waals surface area contributed by atoms with Crippen LogP contribution in [0.1, 0.15) is 91.8 Å². The van der Waals surface area contributed by atoms with Gasteiger partial charge >= 0.3 is 0 Å². The molecule has 1 aliphatic rings. The van der Waals surface area contributed by atoms with Crippen molar-refractivity contribution in [3.63, 3.8) is 0 Å². The number of carbonyl (C=O) groups is 2. The molecule has 0 saturated heterocycles. The normalized spacial score (nSPS) is 13.3. The minimum Gasteiger partial charge on any atom is -0.274 e. The maximum absolute atomic E-state index is 13.8. The molecule has 1 aliphatic heterocycles. The van der Waals surface area contributed by atoms with Crippen LogP contribution in [0.3, 0.4) is 0 Å². The van der Waals surface area contributed by atoms with Gasteiger partial charge in [0.25, 0.3) is 11.8 Å². The average Bonchev–Trinajstić information content (AvgIpc) is 3.70. The number of fused-ring (bicyclic) bond motifs is 2. The fourth-order valence-corrected chi connectivity index (χ4v) is 7.19. The van der Waals surface area contributed by atoms with Gasteiger partial charge in [0.05, 0.1) is 22.9 Å². The van der Waals surface area contributed by atoms with E-state index in [4.69, 9.17) is 0 Å². The number of rotatable bonds is 13. The first-order valence-corrected chi connectivity index (χ1v) is 15.5. The van der Waals surface area contributed by atoms with Crippen molar-refractivity contribution in [2.75, 3.05) is 6.54 Å². The number of aromatic nitrogens is 2. The molecular formula is C28H31N3O2S3. The number of carbonyl (C=O) groups excluding carboxylic acids is 2. The summed E-state index contributed by atoms with van der Waals surface area (Å²) in [6.07, 6.45) is 12.2. The third kappa shape index (κ3) is 4.91. The molecule has 2 amide bonds. The predicted molar refractivity (Wildman–Crippen MR) is 151 cm³/mol. The van der Waals surface area contributed by atoms with Gasteiger partial charge in [0.2, 0.25) is 0 Å². The summed E-state index contributed by atoms with van der Waals surface area (Å²) in [5.41, 5.74) is 3.94. The largest absolute Gasteiger partial charge is 0.274 e. The lowest BCUT2D eigenvalue weighted by molar-refractivity contribution is 0.0652. The smallest absolute Gasteiger partial charge is 0.262 e. The van der Waals surface area contributed by atoms with Crippen molar-refractivity contribution in [3.05, 3.63) is 46.2 Å². The lowest BCUT2D eigenvalue weighted by atomic mass is 9.93. The molecule has 0 spiro atoms. The van der Waals surface area contributed by atoms with E-state index >= 15 is 0 Å². The molecule has 5 rings (SSSR count). The van der Waals surface area contributed by atoms with Crippen molar-refractivity contribution >= 4 is 57.2 Å². The molecular weight excluding hydrogens is 507 g/mol. The summed E-state index contributed by atoms with van der Waals surface area (Å²) in [6, 6.07) is 7.92. The second-order valence-electron chi connectivity index (χ2n) is 9.36. The number of unbranched alkanes of at least 4 members (excludes halogenated alkanes) is 9. The zero-order chi connectivity index (χ0) is 24.9. The minimum atomic E-state index is -0.193. The zero-order valence-electron chi connectivity index (χ0n) is 20.6. The van der Waals surface area contributed by atoms with Gasteiger partial charge in [-0.1, -0.05) is 76.8 Å². The summed E-state index contributed by atoms with van der Waals surface area (Å²) in [7, 11) is 0. The van der Waals surface area contributed by atoms with Crippen molar-refractivity contribution in [2.24, 2.45) is 0 Å². The third-order valence-electron chi connectivity index (χ3n) is 6.90. The molecule has 188 valence electrons. The van der Waals surface area contributed by atoms with Crippen LogP contribution in [0.25, 0.3) is 31.9 Å². The molecule has 4 heterocycles. The number of amides is 2. The van der Waals surface area contributed by atoms with Crippen LogP contribution < -0.4 is 0 Å². The molecule has 4 aromatic rings. The molecule has 0 fully saturated rings. The van der Waals surface area contributed by atoms with Gasteiger partial charge in [-0.25, -0.2) is 0 Å². The standard InChI is InChI=1S/C28H31N3O2S3/c1-2-3-4-5-6-7-8-9-10-11-16-31-27(32)23-21(19-14-12-17-34-19)25-26(30-36-29-25)22(24(23)28(31)33)20-15-13-18-35-20/h12-15,17-18H,2-11,16H2,1H3. The van der Waals surface area contributed by atoms with Crippen LogP contribution >= 0.6 is 34.4 Å². The maximum atomic E-state index is 13.8. The van der Waals surface area contributed by atoms with Crippen molar-refractivity contribution in [1.82, 2.24) is 13.6 Å². The van der Waals surface area contributed by atoms with Crippen LogP contribution in [0.4, 0.5) is 0 Å². The molecule has 0 atom stereocenters. The lowest BCUT2D eigenvalue weighted by Gasteiger charge is -2.13. The van der Waals surface area contributed by atoms with E-state index in [2.05, 4.69) is 15.7 Å². The van der Waals surface area contributed by atoms with E-state index < -0.39 is 0 Å². The molecule has 0 aliphatic carbocycles.